The number of rotatable bonds is 3. The number of aromatic nitrogens is 2. The second-order valence-electron chi connectivity index (χ2n) is 4.75. The van der Waals surface area contributed by atoms with E-state index in [1.54, 1.807) is 29.7 Å². The number of imidazole rings is 1. The number of pyridine rings is 1. The summed E-state index contributed by atoms with van der Waals surface area (Å²) in [7, 11) is 0. The summed E-state index contributed by atoms with van der Waals surface area (Å²) in [5.74, 6) is -0.781. The summed E-state index contributed by atoms with van der Waals surface area (Å²) in [5, 5.41) is 0.324. The standard InChI is InChI=1S/C16H11BrClFN2O2/c1-2-23-16(22)10-7-12(18)15-20-13(14(17)21(15)8-10)9-3-5-11(19)6-4-9/h3-8H,2H2,1H3. The van der Waals surface area contributed by atoms with E-state index in [0.717, 1.165) is 5.56 Å². The Bertz CT molecular complexity index is 893. The van der Waals surface area contributed by atoms with Crippen molar-refractivity contribution >= 4 is 39.1 Å². The SMILES string of the molecule is CCOC(=O)c1cc(Cl)c2nc(-c3ccc(F)cc3)c(Br)n2c1. The largest absolute Gasteiger partial charge is 0.462 e. The Morgan fingerprint density at radius 2 is 2.09 bits per heavy atom. The minimum Gasteiger partial charge on any atom is -0.462 e. The van der Waals surface area contributed by atoms with Gasteiger partial charge in [0, 0.05) is 11.8 Å². The van der Waals surface area contributed by atoms with Gasteiger partial charge in [0.1, 0.15) is 16.1 Å². The van der Waals surface area contributed by atoms with Crippen molar-refractivity contribution in [3.63, 3.8) is 0 Å². The number of nitrogens with zero attached hydrogens (tertiary/aromatic N) is 2. The van der Waals surface area contributed by atoms with Crippen molar-refractivity contribution in [1.29, 1.82) is 0 Å². The lowest BCUT2D eigenvalue weighted by Crippen LogP contribution is -2.06. The van der Waals surface area contributed by atoms with E-state index in [9.17, 15) is 9.18 Å². The van der Waals surface area contributed by atoms with Gasteiger partial charge in [-0.25, -0.2) is 14.2 Å². The van der Waals surface area contributed by atoms with Gasteiger partial charge in [-0.1, -0.05) is 11.6 Å². The number of esters is 1. The first-order chi connectivity index (χ1) is 11.0. The van der Waals surface area contributed by atoms with Crippen LogP contribution in [0, 0.1) is 5.82 Å². The first-order valence-corrected chi connectivity index (χ1v) is 7.98. The maximum atomic E-state index is 13.1. The summed E-state index contributed by atoms with van der Waals surface area (Å²) in [6, 6.07) is 7.49. The summed E-state index contributed by atoms with van der Waals surface area (Å²) < 4.78 is 20.3. The fourth-order valence-electron chi connectivity index (χ4n) is 2.19. The number of benzene rings is 1. The van der Waals surface area contributed by atoms with E-state index >= 15 is 0 Å². The van der Waals surface area contributed by atoms with Gasteiger partial charge in [0.15, 0.2) is 5.65 Å². The van der Waals surface area contributed by atoms with Crippen LogP contribution in [0.1, 0.15) is 17.3 Å². The van der Waals surface area contributed by atoms with Gasteiger partial charge in [-0.15, -0.1) is 0 Å². The van der Waals surface area contributed by atoms with E-state index in [1.807, 2.05) is 0 Å². The van der Waals surface area contributed by atoms with Crippen LogP contribution in [0.25, 0.3) is 16.9 Å². The minimum atomic E-state index is -0.458. The molecule has 0 radical (unpaired) electrons. The fraction of sp³-hybridized carbons (Fsp3) is 0.125. The molecular weight excluding hydrogens is 387 g/mol. The van der Waals surface area contributed by atoms with Crippen LogP contribution in [0.3, 0.4) is 0 Å². The zero-order valence-electron chi connectivity index (χ0n) is 12.0. The molecule has 0 aliphatic heterocycles. The molecule has 1 aromatic carbocycles. The number of carbonyl (C=O) groups excluding carboxylic acids is 1. The van der Waals surface area contributed by atoms with E-state index in [-0.39, 0.29) is 12.4 Å². The van der Waals surface area contributed by atoms with Gasteiger partial charge in [-0.05, 0) is 53.2 Å². The van der Waals surface area contributed by atoms with Crippen molar-refractivity contribution in [2.75, 3.05) is 6.61 Å². The van der Waals surface area contributed by atoms with Crippen LogP contribution in [0.4, 0.5) is 4.39 Å². The van der Waals surface area contributed by atoms with Crippen molar-refractivity contribution in [3.05, 3.63) is 57.5 Å². The van der Waals surface area contributed by atoms with Gasteiger partial charge in [0.05, 0.1) is 17.2 Å². The first-order valence-electron chi connectivity index (χ1n) is 6.81. The molecule has 2 aromatic heterocycles. The van der Waals surface area contributed by atoms with Crippen LogP contribution in [0.5, 0.6) is 0 Å². The van der Waals surface area contributed by atoms with Gasteiger partial charge in [0.2, 0.25) is 0 Å². The molecule has 0 saturated carbocycles. The quantitative estimate of drug-likeness (QED) is 0.600. The van der Waals surface area contributed by atoms with E-state index in [2.05, 4.69) is 20.9 Å². The van der Waals surface area contributed by atoms with Crippen molar-refractivity contribution in [2.24, 2.45) is 0 Å². The molecule has 2 heterocycles. The molecule has 0 spiro atoms. The van der Waals surface area contributed by atoms with Crippen molar-refractivity contribution in [3.8, 4) is 11.3 Å². The molecule has 0 bridgehead atoms. The monoisotopic (exact) mass is 396 g/mol. The highest BCUT2D eigenvalue weighted by atomic mass is 79.9. The third-order valence-electron chi connectivity index (χ3n) is 3.25. The molecule has 0 unspecified atom stereocenters. The van der Waals surface area contributed by atoms with Crippen molar-refractivity contribution in [2.45, 2.75) is 6.92 Å². The van der Waals surface area contributed by atoms with Gasteiger partial charge < -0.3 is 4.74 Å². The van der Waals surface area contributed by atoms with Gasteiger partial charge >= 0.3 is 5.97 Å². The predicted molar refractivity (Wildman–Crippen MR) is 89.3 cm³/mol. The number of hydrogen-bond donors (Lipinski definition) is 0. The first kappa shape index (κ1) is 16.0. The summed E-state index contributed by atoms with van der Waals surface area (Å²) in [6.07, 6.45) is 1.60. The Labute approximate surface area is 145 Å². The second-order valence-corrected chi connectivity index (χ2v) is 5.91. The Hall–Kier alpha value is -1.92. The molecule has 7 heteroatoms. The average molecular weight is 398 g/mol. The van der Waals surface area contributed by atoms with Gasteiger partial charge in [-0.2, -0.15) is 0 Å². The molecule has 0 aliphatic rings. The number of fused-ring (bicyclic) bond motifs is 1. The Morgan fingerprint density at radius 3 is 2.74 bits per heavy atom. The molecule has 0 amide bonds. The van der Waals surface area contributed by atoms with Gasteiger partial charge in [-0.3, -0.25) is 4.40 Å². The Kier molecular flexibility index (Phi) is 4.37. The molecule has 0 saturated heterocycles. The molecule has 4 nitrogen and oxygen atoms in total. The number of halogens is 3. The van der Waals surface area contributed by atoms with Crippen molar-refractivity contribution < 1.29 is 13.9 Å². The summed E-state index contributed by atoms with van der Waals surface area (Å²) in [6.45, 7) is 2.01. The molecule has 0 aliphatic carbocycles. The third kappa shape index (κ3) is 2.96. The molecule has 0 atom stereocenters. The highest BCUT2D eigenvalue weighted by molar-refractivity contribution is 9.10. The van der Waals surface area contributed by atoms with Crippen LogP contribution in [0.15, 0.2) is 41.1 Å². The zero-order valence-corrected chi connectivity index (χ0v) is 14.4. The second kappa shape index (κ2) is 6.29. The zero-order chi connectivity index (χ0) is 16.6. The van der Waals surface area contributed by atoms with E-state index < -0.39 is 5.97 Å². The minimum absolute atomic E-state index is 0.278. The van der Waals surface area contributed by atoms with Crippen LogP contribution >= 0.6 is 27.5 Å². The van der Waals surface area contributed by atoms with Gasteiger partial charge in [0.25, 0.3) is 0 Å². The number of carbonyl (C=O) groups is 1. The molecule has 23 heavy (non-hydrogen) atoms. The van der Waals surface area contributed by atoms with Crippen LogP contribution in [0.2, 0.25) is 5.02 Å². The van der Waals surface area contributed by atoms with Crippen LogP contribution in [-0.2, 0) is 4.74 Å². The lowest BCUT2D eigenvalue weighted by atomic mass is 10.2. The summed E-state index contributed by atoms with van der Waals surface area (Å²) >= 11 is 9.69. The summed E-state index contributed by atoms with van der Waals surface area (Å²) in [4.78, 5) is 16.4. The molecule has 3 aromatic rings. The topological polar surface area (TPSA) is 43.6 Å². The normalized spacial score (nSPS) is 11.0. The number of hydrogen-bond acceptors (Lipinski definition) is 3. The highest BCUT2D eigenvalue weighted by Crippen LogP contribution is 2.32. The van der Waals surface area contributed by atoms with Crippen molar-refractivity contribution in [1.82, 2.24) is 9.38 Å². The third-order valence-corrected chi connectivity index (χ3v) is 4.28. The molecule has 118 valence electrons. The van der Waals surface area contributed by atoms with E-state index in [4.69, 9.17) is 16.3 Å². The lowest BCUT2D eigenvalue weighted by molar-refractivity contribution is 0.0525. The smallest absolute Gasteiger partial charge is 0.339 e. The van der Waals surface area contributed by atoms with Crippen LogP contribution < -0.4 is 0 Å². The maximum absolute atomic E-state index is 13.1. The lowest BCUT2D eigenvalue weighted by Gasteiger charge is -2.04. The van der Waals surface area contributed by atoms with Crippen LogP contribution in [-0.4, -0.2) is 22.0 Å². The maximum Gasteiger partial charge on any atom is 0.339 e. The Morgan fingerprint density at radius 1 is 1.39 bits per heavy atom. The summed E-state index contributed by atoms with van der Waals surface area (Å²) in [5.41, 5.74) is 2.16. The fourth-order valence-corrected chi connectivity index (χ4v) is 3.03. The number of ether oxygens (including phenoxy) is 1. The molecule has 0 fully saturated rings. The molecular formula is C16H11BrClFN2O2. The van der Waals surface area contributed by atoms with E-state index in [1.165, 1.54) is 18.2 Å². The van der Waals surface area contributed by atoms with E-state index in [0.29, 0.717) is 26.5 Å². The molecule has 0 N–H and O–H groups in total. The highest BCUT2D eigenvalue weighted by Gasteiger charge is 2.17. The predicted octanol–water partition coefficient (Wildman–Crippen LogP) is 4.73. The molecule has 3 rings (SSSR count). The Balaban J connectivity index is 2.16. The average Bonchev–Trinajstić information content (AvgIpc) is 2.86.